The second-order valence-electron chi connectivity index (χ2n) is 6.85. The number of thiazole rings is 1. The van der Waals surface area contributed by atoms with Gasteiger partial charge in [-0.15, -0.1) is 0 Å². The first-order valence-corrected chi connectivity index (χ1v) is 10.6. The Hall–Kier alpha value is -2.07. The summed E-state index contributed by atoms with van der Waals surface area (Å²) in [6.07, 6.45) is 3.66. The van der Waals surface area contributed by atoms with E-state index in [0.29, 0.717) is 60.8 Å². The molecule has 1 fully saturated rings. The Morgan fingerprint density at radius 3 is 2.86 bits per heavy atom. The summed E-state index contributed by atoms with van der Waals surface area (Å²) in [6.45, 7) is 5.70. The van der Waals surface area contributed by atoms with Crippen molar-refractivity contribution < 1.29 is 23.5 Å². The lowest BCUT2D eigenvalue weighted by Crippen LogP contribution is -2.43. The molecule has 1 atom stereocenters. The minimum Gasteiger partial charge on any atom is -0.463 e. The molecule has 9 heteroatoms. The summed E-state index contributed by atoms with van der Waals surface area (Å²) >= 11 is 1.24. The lowest BCUT2D eigenvalue weighted by Gasteiger charge is -2.29. The maximum absolute atomic E-state index is 13.3. The number of carbonyl (C=O) groups excluding carboxylic acids is 2. The second-order valence-corrected chi connectivity index (χ2v) is 7.83. The molecule has 0 aromatic carbocycles. The fourth-order valence-corrected chi connectivity index (χ4v) is 4.29. The fraction of sp³-hybridized carbons (Fsp3) is 0.550. The molecule has 0 aliphatic carbocycles. The zero-order chi connectivity index (χ0) is 20.6. The molecule has 0 saturated carbocycles. The Kier molecular flexibility index (Phi) is 7.93. The van der Waals surface area contributed by atoms with Crippen molar-refractivity contribution >= 4 is 28.7 Å². The number of ether oxygens (including phenoxy) is 2. The number of ketones is 1. The van der Waals surface area contributed by atoms with Gasteiger partial charge in [0.25, 0.3) is 0 Å². The van der Waals surface area contributed by atoms with Crippen LogP contribution in [0.2, 0.25) is 0 Å². The Morgan fingerprint density at radius 1 is 1.45 bits per heavy atom. The van der Waals surface area contributed by atoms with Crippen LogP contribution in [0.4, 0.5) is 5.13 Å². The fourth-order valence-electron chi connectivity index (χ4n) is 3.24. The number of furan rings is 1. The van der Waals surface area contributed by atoms with E-state index in [-0.39, 0.29) is 11.7 Å². The van der Waals surface area contributed by atoms with E-state index in [1.165, 1.54) is 16.2 Å². The molecule has 2 aromatic heterocycles. The normalized spacial score (nSPS) is 15.9. The summed E-state index contributed by atoms with van der Waals surface area (Å²) in [6, 6.07) is 3.54. The molecular weight excluding hydrogens is 394 g/mol. The van der Waals surface area contributed by atoms with Crippen molar-refractivity contribution in [1.29, 1.82) is 0 Å². The molecule has 0 bridgehead atoms. The molecule has 3 rings (SSSR count). The van der Waals surface area contributed by atoms with E-state index in [1.54, 1.807) is 25.5 Å². The number of hydrogen-bond acceptors (Lipinski definition) is 8. The topological polar surface area (TPSA) is 85.1 Å². The number of Topliss-reactive ketones (excluding diaryl/α,β-unsaturated/α-hetero) is 1. The predicted octanol–water partition coefficient (Wildman–Crippen LogP) is 2.90. The van der Waals surface area contributed by atoms with Crippen molar-refractivity contribution in [2.45, 2.75) is 19.8 Å². The second kappa shape index (κ2) is 10.6. The third-order valence-corrected chi connectivity index (χ3v) is 6.06. The highest BCUT2D eigenvalue weighted by Crippen LogP contribution is 2.35. The molecule has 0 N–H and O–H groups in total. The predicted molar refractivity (Wildman–Crippen MR) is 110 cm³/mol. The zero-order valence-electron chi connectivity index (χ0n) is 16.8. The van der Waals surface area contributed by atoms with Crippen LogP contribution in [0.1, 0.15) is 29.4 Å². The molecule has 0 radical (unpaired) electrons. The molecule has 158 valence electrons. The van der Waals surface area contributed by atoms with Gasteiger partial charge in [0.15, 0.2) is 16.7 Å². The first-order chi connectivity index (χ1) is 14.2. The van der Waals surface area contributed by atoms with E-state index in [4.69, 9.17) is 13.9 Å². The molecule has 2 aromatic rings. The summed E-state index contributed by atoms with van der Waals surface area (Å²) in [5.41, 5.74) is 0.490. The van der Waals surface area contributed by atoms with Crippen LogP contribution in [-0.2, 0) is 14.3 Å². The van der Waals surface area contributed by atoms with Crippen LogP contribution in [0.3, 0.4) is 0 Å². The lowest BCUT2D eigenvalue weighted by atomic mass is 9.95. The van der Waals surface area contributed by atoms with E-state index >= 15 is 0 Å². The first kappa shape index (κ1) is 21.6. The molecule has 1 amide bonds. The van der Waals surface area contributed by atoms with Gasteiger partial charge >= 0.3 is 0 Å². The van der Waals surface area contributed by atoms with Gasteiger partial charge in [-0.3, -0.25) is 19.4 Å². The largest absolute Gasteiger partial charge is 0.463 e. The number of amides is 1. The van der Waals surface area contributed by atoms with Crippen molar-refractivity contribution in [3.8, 4) is 11.5 Å². The molecule has 8 nitrogen and oxygen atoms in total. The Morgan fingerprint density at radius 2 is 2.24 bits per heavy atom. The van der Waals surface area contributed by atoms with Crippen LogP contribution in [0, 0.1) is 5.92 Å². The number of morpholine rings is 1. The standard InChI is InChI=1S/C20H27N3O5S/c1-3-15(6-10-26-2)18(25)19-17(16-5-4-9-28-16)21-20(29-19)23(14-24)13-22-7-11-27-12-8-22/h4-5,9,14-15H,3,6-8,10-13H2,1-2H3. The zero-order valence-corrected chi connectivity index (χ0v) is 17.7. The van der Waals surface area contributed by atoms with Crippen LogP contribution in [0.5, 0.6) is 0 Å². The minimum absolute atomic E-state index is 0.0110. The van der Waals surface area contributed by atoms with Gasteiger partial charge in [-0.1, -0.05) is 18.3 Å². The average molecular weight is 422 g/mol. The van der Waals surface area contributed by atoms with Crippen molar-refractivity contribution in [1.82, 2.24) is 9.88 Å². The maximum Gasteiger partial charge on any atom is 0.217 e. The summed E-state index contributed by atoms with van der Waals surface area (Å²) < 4.78 is 16.0. The molecule has 1 aliphatic rings. The molecule has 3 heterocycles. The van der Waals surface area contributed by atoms with E-state index in [2.05, 4.69) is 9.88 Å². The van der Waals surface area contributed by atoms with Gasteiger partial charge in [0.2, 0.25) is 6.41 Å². The number of methoxy groups -OCH3 is 1. The number of hydrogen-bond donors (Lipinski definition) is 0. The smallest absolute Gasteiger partial charge is 0.217 e. The van der Waals surface area contributed by atoms with Crippen molar-refractivity contribution in [3.05, 3.63) is 23.3 Å². The van der Waals surface area contributed by atoms with Gasteiger partial charge in [0.1, 0.15) is 10.6 Å². The molecule has 0 spiro atoms. The summed E-state index contributed by atoms with van der Waals surface area (Å²) in [5.74, 6) is 0.368. The Labute approximate surface area is 174 Å². The lowest BCUT2D eigenvalue weighted by molar-refractivity contribution is -0.108. The summed E-state index contributed by atoms with van der Waals surface area (Å²) in [5, 5.41) is 0.489. The SMILES string of the molecule is CCC(CCOC)C(=O)c1sc(N(C=O)CN2CCOCC2)nc1-c1ccco1. The van der Waals surface area contributed by atoms with Gasteiger partial charge in [0.05, 0.1) is 26.1 Å². The number of nitrogens with zero attached hydrogens (tertiary/aromatic N) is 3. The third-order valence-electron chi connectivity index (χ3n) is 4.96. The Bertz CT molecular complexity index is 786. The highest BCUT2D eigenvalue weighted by molar-refractivity contribution is 7.18. The van der Waals surface area contributed by atoms with E-state index in [9.17, 15) is 9.59 Å². The molecule has 1 aliphatic heterocycles. The van der Waals surface area contributed by atoms with Gasteiger partial charge in [-0.2, -0.15) is 0 Å². The van der Waals surface area contributed by atoms with Crippen LogP contribution in [0.25, 0.3) is 11.5 Å². The van der Waals surface area contributed by atoms with Crippen LogP contribution >= 0.6 is 11.3 Å². The van der Waals surface area contributed by atoms with Gasteiger partial charge < -0.3 is 13.9 Å². The summed E-state index contributed by atoms with van der Waals surface area (Å²) in [7, 11) is 1.63. The Balaban J connectivity index is 1.89. The number of rotatable bonds is 11. The van der Waals surface area contributed by atoms with E-state index in [0.717, 1.165) is 19.5 Å². The van der Waals surface area contributed by atoms with Gasteiger partial charge in [0, 0.05) is 32.7 Å². The number of aromatic nitrogens is 1. The van der Waals surface area contributed by atoms with Gasteiger partial charge in [-0.05, 0) is 25.0 Å². The van der Waals surface area contributed by atoms with Crippen LogP contribution in [0.15, 0.2) is 22.8 Å². The van der Waals surface area contributed by atoms with Gasteiger partial charge in [-0.25, -0.2) is 4.98 Å². The number of anilines is 1. The molecular formula is C20H27N3O5S. The monoisotopic (exact) mass is 421 g/mol. The van der Waals surface area contributed by atoms with Crippen LogP contribution < -0.4 is 4.90 Å². The third kappa shape index (κ3) is 5.30. The number of carbonyl (C=O) groups is 2. The van der Waals surface area contributed by atoms with Crippen LogP contribution in [-0.4, -0.2) is 68.8 Å². The molecule has 29 heavy (non-hydrogen) atoms. The summed E-state index contributed by atoms with van der Waals surface area (Å²) in [4.78, 5) is 33.8. The highest BCUT2D eigenvalue weighted by Gasteiger charge is 2.28. The molecule has 1 unspecified atom stereocenters. The van der Waals surface area contributed by atoms with E-state index in [1.807, 2.05) is 6.92 Å². The maximum atomic E-state index is 13.3. The van der Waals surface area contributed by atoms with E-state index < -0.39 is 0 Å². The minimum atomic E-state index is -0.166. The van der Waals surface area contributed by atoms with Crippen molar-refractivity contribution in [2.75, 3.05) is 51.6 Å². The average Bonchev–Trinajstić information content (AvgIpc) is 3.43. The first-order valence-electron chi connectivity index (χ1n) is 9.77. The molecule has 1 saturated heterocycles. The highest BCUT2D eigenvalue weighted by atomic mass is 32.1. The van der Waals surface area contributed by atoms with Crippen molar-refractivity contribution in [3.63, 3.8) is 0 Å². The van der Waals surface area contributed by atoms with Crippen molar-refractivity contribution in [2.24, 2.45) is 5.92 Å². The quantitative estimate of drug-likeness (QED) is 0.407.